The normalized spacial score (nSPS) is 13.2. The number of rotatable bonds is 13. The lowest BCUT2D eigenvalue weighted by Gasteiger charge is -2.22. The molecular formula is C15H33NO2. The van der Waals surface area contributed by atoms with Gasteiger partial charge in [0.1, 0.15) is 0 Å². The molecule has 3 heteroatoms. The summed E-state index contributed by atoms with van der Waals surface area (Å²) < 4.78 is 10.4. The van der Waals surface area contributed by atoms with Crippen molar-refractivity contribution in [3.8, 4) is 0 Å². The van der Waals surface area contributed by atoms with Gasteiger partial charge in [0, 0.05) is 14.2 Å². The van der Waals surface area contributed by atoms with Crippen molar-refractivity contribution < 1.29 is 9.47 Å². The molecule has 1 atom stereocenters. The lowest BCUT2D eigenvalue weighted by atomic mass is 10.1. The first-order chi connectivity index (χ1) is 8.76. The maximum absolute atomic E-state index is 5.21. The summed E-state index contributed by atoms with van der Waals surface area (Å²) in [6.07, 6.45) is 10.8. The Balaban J connectivity index is 3.24. The Bertz CT molecular complexity index is 161. The average molecular weight is 259 g/mol. The minimum Gasteiger partial charge on any atom is -0.354 e. The lowest BCUT2D eigenvalue weighted by Crippen LogP contribution is -2.40. The van der Waals surface area contributed by atoms with Crippen LogP contribution in [0.15, 0.2) is 0 Å². The van der Waals surface area contributed by atoms with Crippen LogP contribution in [0.3, 0.4) is 0 Å². The molecule has 0 aliphatic rings. The number of unbranched alkanes of at least 4 members (excludes halogenated alkanes) is 7. The Morgan fingerprint density at radius 1 is 0.833 bits per heavy atom. The van der Waals surface area contributed by atoms with Gasteiger partial charge in [0.2, 0.25) is 0 Å². The first kappa shape index (κ1) is 17.9. The third-order valence-corrected chi connectivity index (χ3v) is 3.37. The van der Waals surface area contributed by atoms with Gasteiger partial charge < -0.3 is 14.8 Å². The van der Waals surface area contributed by atoms with E-state index in [9.17, 15) is 0 Å². The average Bonchev–Trinajstić information content (AvgIpc) is 2.38. The van der Waals surface area contributed by atoms with Crippen LogP contribution in [-0.2, 0) is 9.47 Å². The van der Waals surface area contributed by atoms with Crippen molar-refractivity contribution >= 4 is 0 Å². The zero-order valence-electron chi connectivity index (χ0n) is 12.8. The van der Waals surface area contributed by atoms with Gasteiger partial charge in [-0.15, -0.1) is 0 Å². The minimum atomic E-state index is -0.140. The largest absolute Gasteiger partial charge is 0.354 e. The standard InChI is InChI=1S/C15H33NO2/c1-5-6-7-8-9-10-11-12-13-16-14(2)15(17-3)18-4/h14-16H,5-13H2,1-4H3. The molecule has 3 nitrogen and oxygen atoms in total. The molecule has 0 bridgehead atoms. The van der Waals surface area contributed by atoms with Crippen LogP contribution in [0.1, 0.15) is 65.2 Å². The lowest BCUT2D eigenvalue weighted by molar-refractivity contribution is -0.119. The second-order valence-electron chi connectivity index (χ2n) is 5.06. The molecule has 1 N–H and O–H groups in total. The van der Waals surface area contributed by atoms with E-state index in [4.69, 9.17) is 9.47 Å². The molecule has 0 aromatic heterocycles. The monoisotopic (exact) mass is 259 g/mol. The number of hydrogen-bond donors (Lipinski definition) is 1. The summed E-state index contributed by atoms with van der Waals surface area (Å²) in [5.41, 5.74) is 0. The Morgan fingerprint density at radius 2 is 1.33 bits per heavy atom. The van der Waals surface area contributed by atoms with Crippen LogP contribution < -0.4 is 5.32 Å². The zero-order valence-corrected chi connectivity index (χ0v) is 12.8. The highest BCUT2D eigenvalue weighted by Crippen LogP contribution is 2.08. The topological polar surface area (TPSA) is 30.5 Å². The van der Waals surface area contributed by atoms with Crippen molar-refractivity contribution in [1.82, 2.24) is 5.32 Å². The van der Waals surface area contributed by atoms with Gasteiger partial charge in [-0.2, -0.15) is 0 Å². The summed E-state index contributed by atoms with van der Waals surface area (Å²) >= 11 is 0. The maximum atomic E-state index is 5.21. The molecule has 0 heterocycles. The molecule has 0 saturated heterocycles. The molecule has 0 saturated carbocycles. The molecule has 0 aromatic rings. The van der Waals surface area contributed by atoms with Gasteiger partial charge in [0.25, 0.3) is 0 Å². The molecule has 110 valence electrons. The molecule has 0 aromatic carbocycles. The van der Waals surface area contributed by atoms with E-state index >= 15 is 0 Å². The predicted molar refractivity (Wildman–Crippen MR) is 77.9 cm³/mol. The fourth-order valence-electron chi connectivity index (χ4n) is 2.19. The third-order valence-electron chi connectivity index (χ3n) is 3.37. The predicted octanol–water partition coefficient (Wildman–Crippen LogP) is 3.72. The van der Waals surface area contributed by atoms with E-state index in [1.807, 2.05) is 0 Å². The van der Waals surface area contributed by atoms with Gasteiger partial charge in [0.15, 0.2) is 6.29 Å². The van der Waals surface area contributed by atoms with Crippen LogP contribution in [-0.4, -0.2) is 33.1 Å². The highest BCUT2D eigenvalue weighted by molar-refractivity contribution is 4.64. The van der Waals surface area contributed by atoms with E-state index in [1.165, 1.54) is 51.4 Å². The zero-order chi connectivity index (χ0) is 13.6. The van der Waals surface area contributed by atoms with Crippen molar-refractivity contribution in [3.63, 3.8) is 0 Å². The van der Waals surface area contributed by atoms with Crippen LogP contribution >= 0.6 is 0 Å². The summed E-state index contributed by atoms with van der Waals surface area (Å²) in [6, 6.07) is 0.254. The summed E-state index contributed by atoms with van der Waals surface area (Å²) in [7, 11) is 3.37. The van der Waals surface area contributed by atoms with E-state index in [0.29, 0.717) is 0 Å². The third kappa shape index (κ3) is 9.86. The molecule has 18 heavy (non-hydrogen) atoms. The number of methoxy groups -OCH3 is 2. The van der Waals surface area contributed by atoms with Gasteiger partial charge in [-0.1, -0.05) is 51.9 Å². The quantitative estimate of drug-likeness (QED) is 0.404. The molecule has 0 aliphatic carbocycles. The summed E-state index contributed by atoms with van der Waals surface area (Å²) in [6.45, 7) is 5.42. The molecule has 0 amide bonds. The van der Waals surface area contributed by atoms with E-state index in [-0.39, 0.29) is 12.3 Å². The number of ether oxygens (including phenoxy) is 2. The van der Waals surface area contributed by atoms with Crippen LogP contribution in [0.4, 0.5) is 0 Å². The van der Waals surface area contributed by atoms with Gasteiger partial charge in [0.05, 0.1) is 6.04 Å². The number of nitrogens with one attached hydrogen (secondary N) is 1. The van der Waals surface area contributed by atoms with Crippen LogP contribution in [0.5, 0.6) is 0 Å². The molecule has 0 fully saturated rings. The van der Waals surface area contributed by atoms with Crippen LogP contribution in [0.2, 0.25) is 0 Å². The second kappa shape index (κ2) is 13.3. The first-order valence-electron chi connectivity index (χ1n) is 7.55. The van der Waals surface area contributed by atoms with Gasteiger partial charge in [-0.05, 0) is 19.9 Å². The Kier molecular flexibility index (Phi) is 13.2. The summed E-state index contributed by atoms with van der Waals surface area (Å²) in [4.78, 5) is 0. The van der Waals surface area contributed by atoms with Crippen molar-refractivity contribution in [2.75, 3.05) is 20.8 Å². The molecular weight excluding hydrogens is 226 g/mol. The summed E-state index contributed by atoms with van der Waals surface area (Å²) in [5.74, 6) is 0. The number of hydrogen-bond acceptors (Lipinski definition) is 3. The van der Waals surface area contributed by atoms with Crippen molar-refractivity contribution in [2.45, 2.75) is 77.5 Å². The molecule has 0 spiro atoms. The Labute approximate surface area is 114 Å². The smallest absolute Gasteiger partial charge is 0.171 e. The van der Waals surface area contributed by atoms with E-state index in [0.717, 1.165) is 6.54 Å². The minimum absolute atomic E-state index is 0.140. The highest BCUT2D eigenvalue weighted by atomic mass is 16.7. The van der Waals surface area contributed by atoms with Crippen LogP contribution in [0.25, 0.3) is 0 Å². The second-order valence-corrected chi connectivity index (χ2v) is 5.06. The van der Waals surface area contributed by atoms with Gasteiger partial charge >= 0.3 is 0 Å². The van der Waals surface area contributed by atoms with Crippen LogP contribution in [0, 0.1) is 0 Å². The SMILES string of the molecule is CCCCCCCCCCNC(C)C(OC)OC. The first-order valence-corrected chi connectivity index (χ1v) is 7.55. The Morgan fingerprint density at radius 3 is 1.83 bits per heavy atom. The van der Waals surface area contributed by atoms with Crippen molar-refractivity contribution in [1.29, 1.82) is 0 Å². The van der Waals surface area contributed by atoms with E-state index < -0.39 is 0 Å². The fourth-order valence-corrected chi connectivity index (χ4v) is 2.19. The molecule has 0 radical (unpaired) electrons. The highest BCUT2D eigenvalue weighted by Gasteiger charge is 2.13. The van der Waals surface area contributed by atoms with E-state index in [2.05, 4.69) is 19.2 Å². The Hall–Kier alpha value is -0.120. The van der Waals surface area contributed by atoms with Gasteiger partial charge in [-0.25, -0.2) is 0 Å². The molecule has 0 rings (SSSR count). The fraction of sp³-hybridized carbons (Fsp3) is 1.00. The van der Waals surface area contributed by atoms with Crippen molar-refractivity contribution in [2.24, 2.45) is 0 Å². The van der Waals surface area contributed by atoms with Crippen molar-refractivity contribution in [3.05, 3.63) is 0 Å². The van der Waals surface area contributed by atoms with E-state index in [1.54, 1.807) is 14.2 Å². The molecule has 0 aliphatic heterocycles. The molecule has 1 unspecified atom stereocenters. The summed E-state index contributed by atoms with van der Waals surface area (Å²) in [5, 5.41) is 3.45. The van der Waals surface area contributed by atoms with Gasteiger partial charge in [-0.3, -0.25) is 0 Å². The maximum Gasteiger partial charge on any atom is 0.171 e.